The number of aromatic nitrogens is 1. The molecule has 4 aliphatic rings. The zero-order valence-corrected chi connectivity index (χ0v) is 28.8. The van der Waals surface area contributed by atoms with Gasteiger partial charge in [-0.1, -0.05) is 48.5 Å². The molecule has 0 spiro atoms. The van der Waals surface area contributed by atoms with Crippen LogP contribution in [-0.2, 0) is 24.4 Å². The Hall–Kier alpha value is -4.04. The molecule has 0 unspecified atom stereocenters. The number of thiazole rings is 1. The topological polar surface area (TPSA) is 147 Å². The molecule has 3 aromatic rings. The molecule has 49 heavy (non-hydrogen) atoms. The minimum absolute atomic E-state index is 0.0891. The average molecular weight is 710 g/mol. The molecular formula is C35H40FN5O6S2. The number of benzene rings is 2. The number of aryl methyl sites for hydroxylation is 1. The van der Waals surface area contributed by atoms with Gasteiger partial charge in [0.05, 0.1) is 22.0 Å². The molecule has 0 bridgehead atoms. The van der Waals surface area contributed by atoms with Crippen LogP contribution in [0.4, 0.5) is 10.1 Å². The Morgan fingerprint density at radius 3 is 2.76 bits per heavy atom. The Bertz CT molecular complexity index is 1910. The molecule has 3 heterocycles. The second kappa shape index (κ2) is 13.3. The highest BCUT2D eigenvalue weighted by Crippen LogP contribution is 2.46. The maximum absolute atomic E-state index is 14.4. The number of allylic oxidation sites excluding steroid dienone is 1. The number of anilines is 1. The van der Waals surface area contributed by atoms with Gasteiger partial charge in [0.2, 0.25) is 21.8 Å². The summed E-state index contributed by atoms with van der Waals surface area (Å²) in [5.41, 5.74) is 0.872. The minimum atomic E-state index is -3.85. The van der Waals surface area contributed by atoms with Gasteiger partial charge in [0.15, 0.2) is 0 Å². The van der Waals surface area contributed by atoms with Crippen molar-refractivity contribution >= 4 is 55.0 Å². The summed E-state index contributed by atoms with van der Waals surface area (Å²) >= 11 is 1.38. The number of fused-ring (bicyclic) bond motifs is 3. The van der Waals surface area contributed by atoms with E-state index in [0.29, 0.717) is 30.1 Å². The van der Waals surface area contributed by atoms with Gasteiger partial charge < -0.3 is 20.3 Å². The number of carbonyl (C=O) groups is 3. The van der Waals surface area contributed by atoms with Crippen LogP contribution in [0.3, 0.4) is 0 Å². The predicted molar refractivity (Wildman–Crippen MR) is 184 cm³/mol. The number of sulfonamides is 1. The maximum atomic E-state index is 14.4. The van der Waals surface area contributed by atoms with Crippen LogP contribution in [0.2, 0.25) is 0 Å². The first-order chi connectivity index (χ1) is 23.5. The highest BCUT2D eigenvalue weighted by Gasteiger charge is 2.62. The Balaban J connectivity index is 1.18. The Kier molecular flexibility index (Phi) is 9.11. The third-order valence-corrected chi connectivity index (χ3v) is 12.5. The molecule has 3 N–H and O–H groups in total. The van der Waals surface area contributed by atoms with Crippen molar-refractivity contribution in [2.45, 2.75) is 93.7 Å². The van der Waals surface area contributed by atoms with Crippen molar-refractivity contribution < 1.29 is 31.9 Å². The lowest BCUT2D eigenvalue weighted by molar-refractivity contribution is -0.140. The maximum Gasteiger partial charge on any atom is 0.274 e. The monoisotopic (exact) mass is 709 g/mol. The average Bonchev–Trinajstić information content (AvgIpc) is 3.95. The highest BCUT2D eigenvalue weighted by atomic mass is 32.2. The van der Waals surface area contributed by atoms with Crippen LogP contribution in [0.1, 0.15) is 63.4 Å². The summed E-state index contributed by atoms with van der Waals surface area (Å²) in [5, 5.41) is 5.92. The van der Waals surface area contributed by atoms with E-state index < -0.39 is 56.6 Å². The molecule has 5 atom stereocenters. The van der Waals surface area contributed by atoms with E-state index in [4.69, 9.17) is 4.74 Å². The summed E-state index contributed by atoms with van der Waals surface area (Å²) in [6.45, 7) is 2.08. The van der Waals surface area contributed by atoms with Crippen molar-refractivity contribution in [3.63, 3.8) is 0 Å². The fourth-order valence-corrected chi connectivity index (χ4v) is 9.17. The van der Waals surface area contributed by atoms with Crippen molar-refractivity contribution in [2.24, 2.45) is 5.92 Å². The fourth-order valence-electron chi connectivity index (χ4n) is 6.83. The van der Waals surface area contributed by atoms with Gasteiger partial charge in [-0.25, -0.2) is 17.8 Å². The number of hydrogen-bond acceptors (Lipinski definition) is 9. The molecule has 7 rings (SSSR count). The lowest BCUT2D eigenvalue weighted by atomic mass is 10.0. The van der Waals surface area contributed by atoms with E-state index in [9.17, 15) is 27.2 Å². The van der Waals surface area contributed by atoms with E-state index in [0.717, 1.165) is 41.5 Å². The van der Waals surface area contributed by atoms with Gasteiger partial charge in [-0.3, -0.25) is 19.1 Å². The van der Waals surface area contributed by atoms with E-state index in [-0.39, 0.29) is 31.2 Å². The second-order valence-corrected chi connectivity index (χ2v) is 16.6. The molecule has 260 valence electrons. The number of nitrogens with one attached hydrogen (secondary N) is 3. The van der Waals surface area contributed by atoms with Gasteiger partial charge in [0, 0.05) is 18.0 Å². The van der Waals surface area contributed by atoms with Crippen LogP contribution in [0.5, 0.6) is 5.19 Å². The largest absolute Gasteiger partial charge is 0.465 e. The summed E-state index contributed by atoms with van der Waals surface area (Å²) in [6, 6.07) is 10.1. The van der Waals surface area contributed by atoms with E-state index in [1.807, 2.05) is 37.3 Å². The second-order valence-electron chi connectivity index (χ2n) is 13.7. The van der Waals surface area contributed by atoms with Gasteiger partial charge >= 0.3 is 0 Å². The Labute approximate surface area is 288 Å². The van der Waals surface area contributed by atoms with Crippen LogP contribution in [0, 0.1) is 18.7 Å². The summed E-state index contributed by atoms with van der Waals surface area (Å²) < 4.78 is 49.1. The molecular weight excluding hydrogens is 670 g/mol. The third-order valence-electron chi connectivity index (χ3n) is 9.80. The molecule has 14 heteroatoms. The number of nitrogens with zero attached hydrogens (tertiary/aromatic N) is 2. The molecule has 2 aliphatic heterocycles. The zero-order chi connectivity index (χ0) is 34.3. The normalized spacial score (nSPS) is 28.4. The SMILES string of the molecule is Cc1ccc2nc(O[C@@H]3C[C@H]4C(=O)N[C@]5(C(=O)NS(=O)(=O)C6CC6)C[C@@H]5/C=C\CCCCC[C@H](Nc5cccc(F)c5)C(=O)N4C3)sc2c1. The number of halogens is 1. The van der Waals surface area contributed by atoms with Crippen molar-refractivity contribution in [2.75, 3.05) is 11.9 Å². The minimum Gasteiger partial charge on any atom is -0.465 e. The van der Waals surface area contributed by atoms with Crippen molar-refractivity contribution in [3.05, 3.63) is 66.0 Å². The zero-order valence-electron chi connectivity index (χ0n) is 27.2. The first-order valence-electron chi connectivity index (χ1n) is 16.9. The molecule has 0 radical (unpaired) electrons. The molecule has 2 aromatic carbocycles. The lowest BCUT2D eigenvalue weighted by Gasteiger charge is -2.30. The molecule has 1 saturated heterocycles. The van der Waals surface area contributed by atoms with E-state index in [1.54, 1.807) is 12.1 Å². The summed E-state index contributed by atoms with van der Waals surface area (Å²) in [5.74, 6) is -2.49. The standard InChI is InChI=1S/C35H40FN5O6S2/c1-21-12-15-27-30(16-21)48-34(38-27)47-25-18-29-31(42)39-35(33(44)40-49(45,46)26-13-14-26)19-22(35)8-5-3-2-4-6-11-28(32(43)41(29)20-25)37-24-10-7-9-23(36)17-24/h5,7-10,12,15-17,22,25-26,28-29,37H,2-4,6,11,13-14,18-20H2,1H3,(H,39,42)(H,40,44)/b8-5-/t22-,25+,28-,29-,35+/m0/s1. The lowest BCUT2D eigenvalue weighted by Crippen LogP contribution is -2.57. The van der Waals surface area contributed by atoms with Crippen LogP contribution >= 0.6 is 11.3 Å². The fraction of sp³-hybridized carbons (Fsp3) is 0.486. The molecule has 11 nitrogen and oxygen atoms in total. The molecule has 2 saturated carbocycles. The first kappa shape index (κ1) is 33.5. The van der Waals surface area contributed by atoms with Gasteiger partial charge in [0.1, 0.15) is 29.5 Å². The molecule has 3 fully saturated rings. The van der Waals surface area contributed by atoms with Crippen LogP contribution in [0.25, 0.3) is 10.2 Å². The van der Waals surface area contributed by atoms with Crippen LogP contribution in [-0.4, -0.2) is 71.5 Å². The van der Waals surface area contributed by atoms with Crippen LogP contribution < -0.4 is 20.1 Å². The Morgan fingerprint density at radius 1 is 1.12 bits per heavy atom. The van der Waals surface area contributed by atoms with Crippen molar-refractivity contribution in [3.8, 4) is 5.19 Å². The van der Waals surface area contributed by atoms with E-state index in [2.05, 4.69) is 20.3 Å². The first-order valence-corrected chi connectivity index (χ1v) is 19.3. The van der Waals surface area contributed by atoms with Crippen molar-refractivity contribution in [1.29, 1.82) is 0 Å². The summed E-state index contributed by atoms with van der Waals surface area (Å²) in [7, 11) is -3.85. The number of amides is 3. The van der Waals surface area contributed by atoms with Crippen molar-refractivity contribution in [1.82, 2.24) is 19.9 Å². The number of rotatable bonds is 7. The molecule has 1 aromatic heterocycles. The smallest absolute Gasteiger partial charge is 0.274 e. The van der Waals surface area contributed by atoms with E-state index in [1.165, 1.54) is 28.4 Å². The number of hydrogen-bond donors (Lipinski definition) is 3. The van der Waals surface area contributed by atoms with Gasteiger partial charge in [-0.15, -0.1) is 0 Å². The number of ether oxygens (including phenoxy) is 1. The third kappa shape index (κ3) is 7.30. The van der Waals surface area contributed by atoms with Gasteiger partial charge in [-0.2, -0.15) is 0 Å². The van der Waals surface area contributed by atoms with Gasteiger partial charge in [-0.05, 0) is 81.3 Å². The molecule has 2 aliphatic carbocycles. The number of carbonyl (C=O) groups excluding carboxylic acids is 3. The quantitative estimate of drug-likeness (QED) is 0.303. The highest BCUT2D eigenvalue weighted by molar-refractivity contribution is 7.91. The van der Waals surface area contributed by atoms with E-state index >= 15 is 0 Å². The van der Waals surface area contributed by atoms with Crippen LogP contribution in [0.15, 0.2) is 54.6 Å². The molecule has 3 amide bonds. The predicted octanol–water partition coefficient (Wildman–Crippen LogP) is 4.58. The summed E-state index contributed by atoms with van der Waals surface area (Å²) in [6.07, 6.45) is 8.23. The Morgan fingerprint density at radius 2 is 1.96 bits per heavy atom. The summed E-state index contributed by atoms with van der Waals surface area (Å²) in [4.78, 5) is 48.3. The van der Waals surface area contributed by atoms with Gasteiger partial charge in [0.25, 0.3) is 11.1 Å².